The van der Waals surface area contributed by atoms with Crippen LogP contribution in [0.3, 0.4) is 0 Å². The zero-order valence-electron chi connectivity index (χ0n) is 19.4. The summed E-state index contributed by atoms with van der Waals surface area (Å²) < 4.78 is 51.7. The minimum atomic E-state index is -0.990. The van der Waals surface area contributed by atoms with Crippen molar-refractivity contribution in [1.82, 2.24) is 15.0 Å². The summed E-state index contributed by atoms with van der Waals surface area (Å²) in [6.07, 6.45) is 4.56. The first-order valence-corrected chi connectivity index (χ1v) is 10.6. The molecular weight excluding hydrogens is 679 g/mol. The Morgan fingerprint density at radius 3 is 1.74 bits per heavy atom. The minimum absolute atomic E-state index is 0. The van der Waals surface area contributed by atoms with Gasteiger partial charge in [0.05, 0.1) is 5.69 Å². The largest absolute Gasteiger partial charge is 0.477 e. The molecule has 0 amide bonds. The molecule has 1 N–H and O–H groups in total. The molecule has 195 valence electrons. The molecule has 5 rings (SSSR count). The molecule has 0 spiro atoms. The summed E-state index contributed by atoms with van der Waals surface area (Å²) in [6, 6.07) is 22.9. The molecule has 3 aromatic heterocycles. The van der Waals surface area contributed by atoms with E-state index in [4.69, 9.17) is 5.11 Å². The summed E-state index contributed by atoms with van der Waals surface area (Å²) in [7, 11) is 0. The van der Waals surface area contributed by atoms with Crippen LogP contribution in [0.2, 0.25) is 0 Å². The first kappa shape index (κ1) is 30.0. The van der Waals surface area contributed by atoms with Crippen LogP contribution in [0.4, 0.5) is 17.6 Å². The van der Waals surface area contributed by atoms with Crippen LogP contribution < -0.4 is 0 Å². The number of hydrogen-bond donors (Lipinski definition) is 1. The third-order valence-corrected chi connectivity index (χ3v) is 4.53. The molecule has 10 heteroatoms. The summed E-state index contributed by atoms with van der Waals surface area (Å²) in [5.74, 6) is -3.45. The van der Waals surface area contributed by atoms with E-state index in [1.54, 1.807) is 60.9 Å². The molecule has 0 unspecified atom stereocenters. The Morgan fingerprint density at radius 1 is 0.684 bits per heavy atom. The summed E-state index contributed by atoms with van der Waals surface area (Å²) in [5.41, 5.74) is 1.53. The number of rotatable bonds is 3. The fourth-order valence-electron chi connectivity index (χ4n) is 2.86. The average Bonchev–Trinajstić information content (AvgIpc) is 2.91. The van der Waals surface area contributed by atoms with Crippen LogP contribution in [-0.4, -0.2) is 26.0 Å². The quantitative estimate of drug-likeness (QED) is 0.169. The molecule has 5 aromatic rings. The van der Waals surface area contributed by atoms with Crippen molar-refractivity contribution >= 4 is 5.97 Å². The smallest absolute Gasteiger partial charge is 0.354 e. The zero-order chi connectivity index (χ0) is 26.6. The summed E-state index contributed by atoms with van der Waals surface area (Å²) in [5, 5.41) is 8.32. The van der Waals surface area contributed by atoms with E-state index in [1.807, 2.05) is 0 Å². The normalized spacial score (nSPS) is 9.58. The SMILES string of the molecule is Fc1c[c-]c(-c2ccccn2)c(F)c1.Fc1ccc(-c2ccccn2)c(F)c1.O=C(O)c1ccccn1.[Ir]. The predicted octanol–water partition coefficient (Wildman–Crippen LogP) is 6.63. The van der Waals surface area contributed by atoms with Gasteiger partial charge in [0, 0.05) is 62.0 Å². The number of carbonyl (C=O) groups is 1. The van der Waals surface area contributed by atoms with Crippen molar-refractivity contribution < 1.29 is 47.6 Å². The van der Waals surface area contributed by atoms with Crippen LogP contribution in [0.5, 0.6) is 0 Å². The Kier molecular flexibility index (Phi) is 11.9. The maximum atomic E-state index is 13.3. The van der Waals surface area contributed by atoms with Gasteiger partial charge in [-0.05, 0) is 48.2 Å². The number of halogens is 4. The minimum Gasteiger partial charge on any atom is -0.477 e. The van der Waals surface area contributed by atoms with Crippen molar-refractivity contribution in [2.45, 2.75) is 0 Å². The fourth-order valence-corrected chi connectivity index (χ4v) is 2.86. The standard InChI is InChI=1S/C11H7F2N.C11H6F2N.C6H5NO2.Ir/c2*12-8-4-5-9(10(13)7-8)11-3-1-2-6-14-11;8-6(9)5-3-1-2-4-7-5;/h1-7H;1-4,6-7H;1-4H,(H,8,9);/q;-1;;. The van der Waals surface area contributed by atoms with Gasteiger partial charge in [0.2, 0.25) is 0 Å². The molecule has 2 aromatic carbocycles. The topological polar surface area (TPSA) is 76.0 Å². The zero-order valence-corrected chi connectivity index (χ0v) is 21.8. The van der Waals surface area contributed by atoms with Gasteiger partial charge in [-0.2, -0.15) is 0 Å². The van der Waals surface area contributed by atoms with E-state index in [-0.39, 0.29) is 31.4 Å². The van der Waals surface area contributed by atoms with Crippen molar-refractivity contribution in [3.63, 3.8) is 0 Å². The number of hydrogen-bond acceptors (Lipinski definition) is 4. The number of aromatic nitrogens is 3. The first-order valence-electron chi connectivity index (χ1n) is 10.6. The molecule has 0 fully saturated rings. The van der Waals surface area contributed by atoms with Crippen LogP contribution in [-0.2, 0) is 20.1 Å². The van der Waals surface area contributed by atoms with Crippen LogP contribution >= 0.6 is 0 Å². The van der Waals surface area contributed by atoms with Crippen LogP contribution in [0.15, 0.2) is 104 Å². The van der Waals surface area contributed by atoms with E-state index in [9.17, 15) is 22.4 Å². The maximum absolute atomic E-state index is 13.3. The Labute approximate surface area is 229 Å². The monoisotopic (exact) mass is 697 g/mol. The molecule has 0 aliphatic rings. The molecule has 5 nitrogen and oxygen atoms in total. The molecule has 38 heavy (non-hydrogen) atoms. The van der Waals surface area contributed by atoms with E-state index in [0.717, 1.165) is 18.2 Å². The molecule has 3 heterocycles. The average molecular weight is 697 g/mol. The molecule has 0 saturated carbocycles. The molecule has 0 aliphatic heterocycles. The second-order valence-electron chi connectivity index (χ2n) is 7.12. The first-order chi connectivity index (χ1) is 17.8. The van der Waals surface area contributed by atoms with Crippen molar-refractivity contribution in [3.8, 4) is 22.5 Å². The predicted molar refractivity (Wildman–Crippen MR) is 129 cm³/mol. The Bertz CT molecular complexity index is 1360. The third-order valence-electron chi connectivity index (χ3n) is 4.53. The second-order valence-corrected chi connectivity index (χ2v) is 7.12. The molecule has 0 saturated heterocycles. The fraction of sp³-hybridized carbons (Fsp3) is 0. The van der Waals surface area contributed by atoms with Gasteiger partial charge in [-0.1, -0.05) is 35.9 Å². The Hall–Kier alpha value is -4.27. The van der Waals surface area contributed by atoms with Crippen molar-refractivity contribution in [2.75, 3.05) is 0 Å². The summed E-state index contributed by atoms with van der Waals surface area (Å²) >= 11 is 0. The van der Waals surface area contributed by atoms with Crippen molar-refractivity contribution in [2.24, 2.45) is 0 Å². The van der Waals surface area contributed by atoms with Crippen LogP contribution in [0.25, 0.3) is 22.5 Å². The molecular formula is C28H18F4IrN3O2-. The van der Waals surface area contributed by atoms with Crippen molar-refractivity contribution in [1.29, 1.82) is 0 Å². The Morgan fingerprint density at radius 2 is 1.26 bits per heavy atom. The number of nitrogens with zero attached hydrogens (tertiary/aromatic N) is 3. The van der Waals surface area contributed by atoms with Gasteiger partial charge in [0.1, 0.15) is 17.3 Å². The van der Waals surface area contributed by atoms with E-state index in [1.165, 1.54) is 24.4 Å². The van der Waals surface area contributed by atoms with Gasteiger partial charge in [-0.15, -0.1) is 12.1 Å². The summed E-state index contributed by atoms with van der Waals surface area (Å²) in [4.78, 5) is 21.6. The Balaban J connectivity index is 0.000000203. The number of carboxylic acids is 1. The van der Waals surface area contributed by atoms with Gasteiger partial charge < -0.3 is 10.1 Å². The molecule has 1 radical (unpaired) electrons. The van der Waals surface area contributed by atoms with Gasteiger partial charge >= 0.3 is 5.97 Å². The number of aromatic carboxylic acids is 1. The molecule has 0 bridgehead atoms. The van der Waals surface area contributed by atoms with E-state index >= 15 is 0 Å². The van der Waals surface area contributed by atoms with Gasteiger partial charge in [-0.25, -0.2) is 18.6 Å². The summed E-state index contributed by atoms with van der Waals surface area (Å²) in [6.45, 7) is 0. The van der Waals surface area contributed by atoms with Crippen LogP contribution in [0, 0.1) is 29.3 Å². The number of pyridine rings is 3. The van der Waals surface area contributed by atoms with Gasteiger partial charge in [0.25, 0.3) is 0 Å². The van der Waals surface area contributed by atoms with Gasteiger partial charge in [-0.3, -0.25) is 13.8 Å². The van der Waals surface area contributed by atoms with Gasteiger partial charge in [0.15, 0.2) is 0 Å². The second kappa shape index (κ2) is 15.1. The number of benzene rings is 2. The van der Waals surface area contributed by atoms with E-state index in [0.29, 0.717) is 17.0 Å². The third kappa shape index (κ3) is 8.99. The van der Waals surface area contributed by atoms with E-state index in [2.05, 4.69) is 21.0 Å². The molecule has 0 aliphatic carbocycles. The molecule has 0 atom stereocenters. The van der Waals surface area contributed by atoms with Crippen molar-refractivity contribution in [3.05, 3.63) is 139 Å². The van der Waals surface area contributed by atoms with E-state index < -0.39 is 29.2 Å². The number of carboxylic acid groups (broad SMARTS) is 1. The van der Waals surface area contributed by atoms with Crippen LogP contribution in [0.1, 0.15) is 10.5 Å². The maximum Gasteiger partial charge on any atom is 0.354 e.